The number of nitrogens with zero attached hydrogens (tertiary/aromatic N) is 1. The maximum Gasteiger partial charge on any atom is 0.382 e. The third kappa shape index (κ3) is 1.54. The van der Waals surface area contributed by atoms with Crippen LogP contribution in [0.1, 0.15) is 0 Å². The van der Waals surface area contributed by atoms with Gasteiger partial charge in [0.05, 0.1) is 0 Å². The van der Waals surface area contributed by atoms with Crippen molar-refractivity contribution in [3.63, 3.8) is 0 Å². The van der Waals surface area contributed by atoms with Gasteiger partial charge in [0.1, 0.15) is 0 Å². The van der Waals surface area contributed by atoms with Gasteiger partial charge in [-0.05, 0) is 7.05 Å². The second-order valence-electron chi connectivity index (χ2n) is 5.83. The molecule has 2 atom stereocenters. The second kappa shape index (κ2) is 4.53. The van der Waals surface area contributed by atoms with Crippen LogP contribution >= 0.6 is 0 Å². The number of piperidine rings is 1. The number of hydrogen-bond donors (Lipinski definition) is 0. The largest absolute Gasteiger partial charge is 0.382 e. The van der Waals surface area contributed by atoms with Crippen LogP contribution in [0, 0.1) is 0 Å². The lowest BCUT2D eigenvalue weighted by Crippen LogP contribution is -2.97. The van der Waals surface area contributed by atoms with Crippen LogP contribution < -0.4 is 0 Å². The van der Waals surface area contributed by atoms with Crippen molar-refractivity contribution in [3.05, 3.63) is 0 Å². The molecule has 1 saturated heterocycles. The summed E-state index contributed by atoms with van der Waals surface area (Å²) < 4.78 is 217. The predicted molar refractivity (Wildman–Crippen MR) is 50.1 cm³/mol. The Morgan fingerprint density at radius 3 is 1.00 bits per heavy atom. The fourth-order valence-corrected chi connectivity index (χ4v) is 2.89. The van der Waals surface area contributed by atoms with Crippen molar-refractivity contribution in [1.29, 1.82) is 0 Å². The highest BCUT2D eigenvalue weighted by atomic mass is 19.4. The molecule has 0 aromatic carbocycles. The molecular formula is C10H3F16N. The smallest absolute Gasteiger partial charge is 0.226 e. The summed E-state index contributed by atoms with van der Waals surface area (Å²) in [5.41, 5.74) is -16.1. The SMILES string of the molecule is CN1C(F)(F)C(F)(F)C2(F)C(F)(F)C(F)(F)C(F)(F)C(F)(F)C2(F)C1(F)F. The van der Waals surface area contributed by atoms with E-state index in [1.807, 2.05) is 0 Å². The zero-order chi connectivity index (χ0) is 22.1. The summed E-state index contributed by atoms with van der Waals surface area (Å²) in [5, 5.41) is 0. The second-order valence-corrected chi connectivity index (χ2v) is 5.83. The van der Waals surface area contributed by atoms with Crippen LogP contribution in [0.25, 0.3) is 0 Å². The highest BCUT2D eigenvalue weighted by molar-refractivity contribution is 5.39. The van der Waals surface area contributed by atoms with Gasteiger partial charge in [0, 0.05) is 0 Å². The Morgan fingerprint density at radius 2 is 0.667 bits per heavy atom. The number of hydrogen-bond acceptors (Lipinski definition) is 1. The Balaban J connectivity index is 3.17. The topological polar surface area (TPSA) is 3.24 Å². The van der Waals surface area contributed by atoms with Crippen molar-refractivity contribution in [2.24, 2.45) is 0 Å². The Kier molecular flexibility index (Phi) is 3.71. The molecule has 17 heteroatoms. The van der Waals surface area contributed by atoms with Crippen LogP contribution in [0.2, 0.25) is 0 Å². The fourth-order valence-electron chi connectivity index (χ4n) is 2.89. The molecule has 1 nitrogen and oxygen atoms in total. The molecule has 0 bridgehead atoms. The van der Waals surface area contributed by atoms with Crippen molar-refractivity contribution in [2.45, 2.75) is 53.0 Å². The minimum absolute atomic E-state index is 1.02. The molecule has 2 rings (SSSR count). The Labute approximate surface area is 136 Å². The average molecular weight is 441 g/mol. The van der Waals surface area contributed by atoms with E-state index in [0.29, 0.717) is 0 Å². The van der Waals surface area contributed by atoms with E-state index in [2.05, 4.69) is 0 Å². The standard InChI is InChI=1S/C10H3F16N/c1-27-9(23,24)3(12)2(11,6(17,18)10(27,25)26)4(13,14)7(19,20)8(21,22)5(3,15)16/h1H3. The molecule has 2 aliphatic rings. The van der Waals surface area contributed by atoms with Crippen LogP contribution in [-0.2, 0) is 0 Å². The van der Waals surface area contributed by atoms with Crippen molar-refractivity contribution in [3.8, 4) is 0 Å². The van der Waals surface area contributed by atoms with Crippen LogP contribution in [0.15, 0.2) is 0 Å². The van der Waals surface area contributed by atoms with Crippen molar-refractivity contribution in [1.82, 2.24) is 4.90 Å². The predicted octanol–water partition coefficient (Wildman–Crippen LogP) is 4.72. The zero-order valence-electron chi connectivity index (χ0n) is 12.0. The van der Waals surface area contributed by atoms with E-state index in [-0.39, 0.29) is 0 Å². The molecule has 0 amide bonds. The zero-order valence-corrected chi connectivity index (χ0v) is 12.0. The quantitative estimate of drug-likeness (QED) is 0.389. The van der Waals surface area contributed by atoms with E-state index < -0.39 is 65.0 Å². The summed E-state index contributed by atoms with van der Waals surface area (Å²) in [6.45, 7) is 0. The van der Waals surface area contributed by atoms with Gasteiger partial charge in [-0.1, -0.05) is 0 Å². The van der Waals surface area contributed by atoms with Gasteiger partial charge in [-0.3, -0.25) is 0 Å². The maximum atomic E-state index is 14.4. The van der Waals surface area contributed by atoms with E-state index in [0.717, 1.165) is 0 Å². The lowest BCUT2D eigenvalue weighted by Gasteiger charge is -2.63. The molecule has 0 N–H and O–H groups in total. The van der Waals surface area contributed by atoms with E-state index in [1.165, 1.54) is 0 Å². The van der Waals surface area contributed by atoms with Gasteiger partial charge in [0.25, 0.3) is 5.67 Å². The molecule has 2 unspecified atom stereocenters. The molecule has 1 saturated carbocycles. The highest BCUT2D eigenvalue weighted by Gasteiger charge is 3.11. The Bertz CT molecular complexity index is 668. The van der Waals surface area contributed by atoms with Gasteiger partial charge in [-0.25, -0.2) is 8.78 Å². The lowest BCUT2D eigenvalue weighted by atomic mass is 9.59. The maximum absolute atomic E-state index is 14.4. The molecule has 0 aromatic rings. The summed E-state index contributed by atoms with van der Waals surface area (Å²) in [6, 6.07) is -14.2. The minimum atomic E-state index is -8.18. The van der Waals surface area contributed by atoms with E-state index >= 15 is 0 Å². The Morgan fingerprint density at radius 1 is 0.370 bits per heavy atom. The molecule has 160 valence electrons. The molecular weight excluding hydrogens is 438 g/mol. The number of likely N-dealkylation sites (tertiary alicyclic amines) is 1. The van der Waals surface area contributed by atoms with E-state index in [9.17, 15) is 70.2 Å². The van der Waals surface area contributed by atoms with Crippen LogP contribution in [0.4, 0.5) is 70.2 Å². The number of rotatable bonds is 0. The third-order valence-electron chi connectivity index (χ3n) is 4.59. The van der Waals surface area contributed by atoms with Crippen molar-refractivity contribution in [2.75, 3.05) is 7.05 Å². The molecule has 1 aliphatic heterocycles. The summed E-state index contributed by atoms with van der Waals surface area (Å²) in [6.07, 6.45) is 0. The molecule has 27 heavy (non-hydrogen) atoms. The van der Waals surface area contributed by atoms with Gasteiger partial charge in [0.15, 0.2) is 0 Å². The normalized spacial score (nSPS) is 43.0. The first-order valence-corrected chi connectivity index (χ1v) is 6.17. The first-order chi connectivity index (χ1) is 11.4. The van der Waals surface area contributed by atoms with E-state index in [4.69, 9.17) is 0 Å². The van der Waals surface area contributed by atoms with Gasteiger partial charge >= 0.3 is 47.4 Å². The summed E-state index contributed by atoms with van der Waals surface area (Å²) in [5.74, 6) is -39.8. The van der Waals surface area contributed by atoms with Crippen molar-refractivity contribution >= 4 is 0 Å². The first-order valence-electron chi connectivity index (χ1n) is 6.17. The molecule has 0 radical (unpaired) electrons. The summed E-state index contributed by atoms with van der Waals surface area (Å²) in [4.78, 5) is -2.71. The van der Waals surface area contributed by atoms with Gasteiger partial charge in [-0.2, -0.15) is 66.4 Å². The van der Waals surface area contributed by atoms with Crippen molar-refractivity contribution < 1.29 is 70.2 Å². The van der Waals surface area contributed by atoms with Gasteiger partial charge in [0.2, 0.25) is 0 Å². The molecule has 1 heterocycles. The lowest BCUT2D eigenvalue weighted by molar-refractivity contribution is -0.560. The molecule has 1 aliphatic carbocycles. The van der Waals surface area contributed by atoms with Gasteiger partial charge < -0.3 is 0 Å². The number of halogens is 16. The van der Waals surface area contributed by atoms with Gasteiger partial charge in [-0.15, -0.1) is 0 Å². The number of fused-ring (bicyclic) bond motifs is 1. The molecule has 2 fully saturated rings. The monoisotopic (exact) mass is 441 g/mol. The molecule has 0 aromatic heterocycles. The summed E-state index contributed by atoms with van der Waals surface area (Å²) >= 11 is 0. The first kappa shape index (κ1) is 22.1. The fraction of sp³-hybridized carbons (Fsp3) is 1.00. The average Bonchev–Trinajstić information content (AvgIpc) is 2.48. The highest BCUT2D eigenvalue weighted by Crippen LogP contribution is 2.78. The van der Waals surface area contributed by atoms with Crippen LogP contribution in [0.5, 0.6) is 0 Å². The van der Waals surface area contributed by atoms with Crippen LogP contribution in [0.3, 0.4) is 0 Å². The minimum Gasteiger partial charge on any atom is -0.226 e. The van der Waals surface area contributed by atoms with E-state index in [1.54, 1.807) is 0 Å². The Hall–Kier alpha value is -1.16. The number of alkyl halides is 16. The summed E-state index contributed by atoms with van der Waals surface area (Å²) in [7, 11) is -1.02. The third-order valence-corrected chi connectivity index (χ3v) is 4.59. The molecule has 0 spiro atoms. The van der Waals surface area contributed by atoms with Crippen LogP contribution in [-0.4, -0.2) is 65.0 Å².